The Morgan fingerprint density at radius 2 is 2.07 bits per heavy atom. The molecule has 0 unspecified atom stereocenters. The Morgan fingerprint density at radius 1 is 1.26 bits per heavy atom. The van der Waals surface area contributed by atoms with Crippen LogP contribution in [0.5, 0.6) is 0 Å². The van der Waals surface area contributed by atoms with Crippen LogP contribution in [-0.4, -0.2) is 31.5 Å². The predicted molar refractivity (Wildman–Crippen MR) is 105 cm³/mol. The number of benzene rings is 1. The summed E-state index contributed by atoms with van der Waals surface area (Å²) in [5.74, 6) is 0.266. The van der Waals surface area contributed by atoms with Crippen LogP contribution in [0, 0.1) is 5.41 Å². The molecule has 1 atom stereocenters. The minimum Gasteiger partial charge on any atom is -0.384 e. The van der Waals surface area contributed by atoms with Gasteiger partial charge in [-0.2, -0.15) is 0 Å². The average molecular weight is 364 g/mol. The molecule has 0 bridgehead atoms. The lowest BCUT2D eigenvalue weighted by molar-refractivity contribution is 0.0892. The van der Waals surface area contributed by atoms with E-state index in [0.717, 1.165) is 5.56 Å². The fourth-order valence-corrected chi connectivity index (χ4v) is 2.73. The van der Waals surface area contributed by atoms with Crippen LogP contribution in [0.25, 0.3) is 11.3 Å². The number of hydrogen-bond donors (Lipinski definition) is 2. The van der Waals surface area contributed by atoms with Gasteiger partial charge in [-0.25, -0.2) is 15.0 Å². The molecule has 2 heterocycles. The second-order valence-electron chi connectivity index (χ2n) is 7.56. The lowest BCUT2D eigenvalue weighted by Crippen LogP contribution is -2.46. The third kappa shape index (κ3) is 4.69. The van der Waals surface area contributed by atoms with E-state index in [9.17, 15) is 4.79 Å². The van der Waals surface area contributed by atoms with Crippen LogP contribution in [0.15, 0.2) is 55.4 Å². The molecule has 0 spiro atoms. The number of anilines is 1. The molecule has 0 saturated heterocycles. The van der Waals surface area contributed by atoms with Gasteiger partial charge in [-0.15, -0.1) is 0 Å². The third-order valence-corrected chi connectivity index (χ3v) is 4.41. The maximum atomic E-state index is 12.9. The van der Waals surface area contributed by atoms with Crippen molar-refractivity contribution in [3.05, 3.63) is 60.9 Å². The first-order valence-electron chi connectivity index (χ1n) is 8.77. The Morgan fingerprint density at radius 3 is 2.74 bits per heavy atom. The monoisotopic (exact) mass is 364 g/mol. The van der Waals surface area contributed by atoms with E-state index in [4.69, 9.17) is 5.73 Å². The molecule has 2 aromatic heterocycles. The molecule has 1 aromatic carbocycles. The van der Waals surface area contributed by atoms with Gasteiger partial charge in [0.05, 0.1) is 18.1 Å². The van der Waals surface area contributed by atoms with Crippen molar-refractivity contribution in [3.8, 4) is 11.3 Å². The van der Waals surface area contributed by atoms with Crippen LogP contribution >= 0.6 is 0 Å². The minimum absolute atomic E-state index is 0.0578. The van der Waals surface area contributed by atoms with Crippen molar-refractivity contribution in [1.82, 2.24) is 24.8 Å². The van der Waals surface area contributed by atoms with Crippen molar-refractivity contribution in [1.29, 1.82) is 0 Å². The van der Waals surface area contributed by atoms with Gasteiger partial charge in [0.2, 0.25) is 0 Å². The van der Waals surface area contributed by atoms with Gasteiger partial charge in [0.25, 0.3) is 5.91 Å². The number of amides is 1. The van der Waals surface area contributed by atoms with Crippen LogP contribution in [-0.2, 0) is 6.54 Å². The molecule has 3 aromatic rings. The van der Waals surface area contributed by atoms with E-state index in [-0.39, 0.29) is 17.4 Å². The number of nitrogen functional groups attached to an aromatic ring is 1. The topological polar surface area (TPSA) is 98.7 Å². The summed E-state index contributed by atoms with van der Waals surface area (Å²) in [6.07, 6.45) is 6.80. The molecule has 3 rings (SSSR count). The molecule has 140 valence electrons. The highest BCUT2D eigenvalue weighted by atomic mass is 16.1. The Bertz CT molecular complexity index is 914. The van der Waals surface area contributed by atoms with E-state index >= 15 is 0 Å². The number of carbonyl (C=O) groups is 1. The van der Waals surface area contributed by atoms with Crippen LogP contribution in [0.2, 0.25) is 0 Å². The quantitative estimate of drug-likeness (QED) is 0.725. The number of aromatic nitrogens is 4. The Balaban J connectivity index is 1.81. The van der Waals surface area contributed by atoms with Crippen molar-refractivity contribution in [3.63, 3.8) is 0 Å². The fourth-order valence-electron chi connectivity index (χ4n) is 2.73. The highest BCUT2D eigenvalue weighted by Crippen LogP contribution is 2.23. The highest BCUT2D eigenvalue weighted by Gasteiger charge is 2.27. The lowest BCUT2D eigenvalue weighted by Gasteiger charge is -2.31. The Kier molecular flexibility index (Phi) is 5.21. The lowest BCUT2D eigenvalue weighted by atomic mass is 9.86. The van der Waals surface area contributed by atoms with Gasteiger partial charge < -0.3 is 15.6 Å². The standard InChI is InChI=1S/C20H24N6O/c1-20(2,3)17(11-26-8-7-22-13-26)25-19(27)15-6-4-5-14(9-15)16-10-18(21)24-12-23-16/h4-10,12-13,17H,11H2,1-3H3,(H,25,27)(H2,21,23,24)/t17-/m0/s1. The average Bonchev–Trinajstić information content (AvgIpc) is 3.13. The minimum atomic E-state index is -0.126. The van der Waals surface area contributed by atoms with Gasteiger partial charge in [-0.1, -0.05) is 32.9 Å². The molecule has 0 aliphatic rings. The van der Waals surface area contributed by atoms with Gasteiger partial charge in [0, 0.05) is 36.1 Å². The first-order chi connectivity index (χ1) is 12.8. The molecule has 7 heteroatoms. The normalized spacial score (nSPS) is 12.6. The predicted octanol–water partition coefficient (Wildman–Crippen LogP) is 2.77. The fraction of sp³-hybridized carbons (Fsp3) is 0.300. The summed E-state index contributed by atoms with van der Waals surface area (Å²) in [6, 6.07) is 8.97. The third-order valence-electron chi connectivity index (χ3n) is 4.41. The highest BCUT2D eigenvalue weighted by molar-refractivity contribution is 5.95. The summed E-state index contributed by atoms with van der Waals surface area (Å²) in [7, 11) is 0. The maximum Gasteiger partial charge on any atom is 0.251 e. The Labute approximate surface area is 158 Å². The second-order valence-corrected chi connectivity index (χ2v) is 7.56. The molecule has 0 aliphatic heterocycles. The molecule has 0 radical (unpaired) electrons. The van der Waals surface area contributed by atoms with E-state index in [1.165, 1.54) is 6.33 Å². The number of imidazole rings is 1. The van der Waals surface area contributed by atoms with Gasteiger partial charge in [0.1, 0.15) is 12.1 Å². The van der Waals surface area contributed by atoms with Gasteiger partial charge in [0.15, 0.2) is 0 Å². The van der Waals surface area contributed by atoms with Gasteiger partial charge in [-0.05, 0) is 17.5 Å². The molecule has 1 amide bonds. The van der Waals surface area contributed by atoms with E-state index in [0.29, 0.717) is 23.6 Å². The van der Waals surface area contributed by atoms with Crippen LogP contribution in [0.3, 0.4) is 0 Å². The molecule has 3 N–H and O–H groups in total. The van der Waals surface area contributed by atoms with E-state index in [2.05, 4.69) is 41.0 Å². The van der Waals surface area contributed by atoms with Crippen LogP contribution < -0.4 is 11.1 Å². The first-order valence-corrected chi connectivity index (χ1v) is 8.77. The number of rotatable bonds is 5. The largest absolute Gasteiger partial charge is 0.384 e. The smallest absolute Gasteiger partial charge is 0.251 e. The summed E-state index contributed by atoms with van der Waals surface area (Å²) in [5.41, 5.74) is 7.70. The van der Waals surface area contributed by atoms with E-state index in [1.54, 1.807) is 24.7 Å². The molecule has 0 aliphatic carbocycles. The first kappa shape index (κ1) is 18.6. The number of nitrogens with zero attached hydrogens (tertiary/aromatic N) is 4. The van der Waals surface area contributed by atoms with Crippen molar-refractivity contribution < 1.29 is 4.79 Å². The zero-order valence-electron chi connectivity index (χ0n) is 15.8. The van der Waals surface area contributed by atoms with Crippen molar-refractivity contribution in [2.75, 3.05) is 5.73 Å². The second kappa shape index (κ2) is 7.57. The van der Waals surface area contributed by atoms with Crippen molar-refractivity contribution >= 4 is 11.7 Å². The number of nitrogens with two attached hydrogens (primary N) is 1. The molecule has 7 nitrogen and oxygen atoms in total. The van der Waals surface area contributed by atoms with Crippen molar-refractivity contribution in [2.24, 2.45) is 5.41 Å². The summed E-state index contributed by atoms with van der Waals surface area (Å²) < 4.78 is 1.97. The molecule has 0 fully saturated rings. The summed E-state index contributed by atoms with van der Waals surface area (Å²) in [6.45, 7) is 6.97. The van der Waals surface area contributed by atoms with Crippen molar-refractivity contribution in [2.45, 2.75) is 33.4 Å². The number of hydrogen-bond acceptors (Lipinski definition) is 5. The van der Waals surface area contributed by atoms with Crippen LogP contribution in [0.4, 0.5) is 5.82 Å². The maximum absolute atomic E-state index is 12.9. The van der Waals surface area contributed by atoms with Gasteiger partial charge in [-0.3, -0.25) is 4.79 Å². The van der Waals surface area contributed by atoms with Crippen LogP contribution in [0.1, 0.15) is 31.1 Å². The van der Waals surface area contributed by atoms with E-state index < -0.39 is 0 Å². The zero-order valence-corrected chi connectivity index (χ0v) is 15.8. The zero-order chi connectivity index (χ0) is 19.4. The molecular formula is C20H24N6O. The molecule has 0 saturated carbocycles. The summed E-state index contributed by atoms with van der Waals surface area (Å²) >= 11 is 0. The number of carbonyl (C=O) groups excluding carboxylic acids is 1. The Hall–Kier alpha value is -3.22. The summed E-state index contributed by atoms with van der Waals surface area (Å²) in [4.78, 5) is 25.1. The van der Waals surface area contributed by atoms with E-state index in [1.807, 2.05) is 29.0 Å². The SMILES string of the molecule is CC(C)(C)[C@H](Cn1ccnc1)NC(=O)c1cccc(-c2cc(N)ncn2)c1. The summed E-state index contributed by atoms with van der Waals surface area (Å²) in [5, 5.41) is 3.16. The molecular weight excluding hydrogens is 340 g/mol. The molecule has 27 heavy (non-hydrogen) atoms. The number of nitrogens with one attached hydrogen (secondary N) is 1. The van der Waals surface area contributed by atoms with Gasteiger partial charge >= 0.3 is 0 Å².